The maximum Gasteiger partial charge on any atom is 0.122 e. The van der Waals surface area contributed by atoms with Crippen molar-refractivity contribution in [2.75, 3.05) is 19.6 Å². The van der Waals surface area contributed by atoms with Gasteiger partial charge in [0.2, 0.25) is 0 Å². The van der Waals surface area contributed by atoms with E-state index in [9.17, 15) is 5.11 Å². The SMILES string of the molecule is Cc1ccc2c(c1O)C[C@@H](C1CCN(Cc3ccncc3)CC1)O[C@@H]2CN.Cl.Cl. The first kappa shape index (κ1) is 23.9. The molecule has 2 aromatic rings. The van der Waals surface area contributed by atoms with Crippen molar-refractivity contribution in [3.8, 4) is 5.75 Å². The molecular formula is C22H31Cl2N3O2. The molecule has 0 aliphatic carbocycles. The number of piperidine rings is 1. The Balaban J connectivity index is 0.00000150. The van der Waals surface area contributed by atoms with Crippen LogP contribution in [0.15, 0.2) is 36.7 Å². The molecule has 3 N–H and O–H groups in total. The highest BCUT2D eigenvalue weighted by molar-refractivity contribution is 5.85. The number of pyridine rings is 1. The van der Waals surface area contributed by atoms with Crippen molar-refractivity contribution >= 4 is 24.8 Å². The summed E-state index contributed by atoms with van der Waals surface area (Å²) in [4.78, 5) is 6.60. The molecule has 4 rings (SSSR count). The standard InChI is InChI=1S/C22H29N3O2.2ClH/c1-15-2-3-18-19(22(15)26)12-20(27-21(18)13-23)17-6-10-25(11-7-17)14-16-4-8-24-9-5-16;;/h2-5,8-9,17,20-21,26H,6-7,10-14,23H2,1H3;2*1H/t20-,21+;;/m0../s1. The van der Waals surface area contributed by atoms with Gasteiger partial charge in [-0.05, 0) is 67.6 Å². The van der Waals surface area contributed by atoms with Crippen LogP contribution in [-0.2, 0) is 17.7 Å². The number of halogens is 2. The fourth-order valence-electron chi connectivity index (χ4n) is 4.51. The van der Waals surface area contributed by atoms with E-state index in [1.165, 1.54) is 5.56 Å². The average molecular weight is 440 g/mol. The van der Waals surface area contributed by atoms with E-state index in [-0.39, 0.29) is 37.0 Å². The number of fused-ring (bicyclic) bond motifs is 1. The molecule has 7 heteroatoms. The Labute approximate surface area is 185 Å². The second-order valence-corrected chi connectivity index (χ2v) is 7.87. The molecule has 0 saturated carbocycles. The number of phenolic OH excluding ortho intramolecular Hbond substituents is 1. The summed E-state index contributed by atoms with van der Waals surface area (Å²) in [6, 6.07) is 8.20. The van der Waals surface area contributed by atoms with Gasteiger partial charge in [0.25, 0.3) is 0 Å². The molecule has 0 unspecified atom stereocenters. The molecule has 2 atom stereocenters. The quantitative estimate of drug-likeness (QED) is 0.757. The van der Waals surface area contributed by atoms with Gasteiger partial charge < -0.3 is 15.6 Å². The predicted octanol–water partition coefficient (Wildman–Crippen LogP) is 3.79. The summed E-state index contributed by atoms with van der Waals surface area (Å²) < 4.78 is 6.39. The minimum absolute atomic E-state index is 0. The Bertz CT molecular complexity index is 783. The number of benzene rings is 1. The number of nitrogens with zero attached hydrogens (tertiary/aromatic N) is 2. The van der Waals surface area contributed by atoms with Gasteiger partial charge >= 0.3 is 0 Å². The Morgan fingerprint density at radius 3 is 2.48 bits per heavy atom. The number of hydrogen-bond donors (Lipinski definition) is 2. The molecule has 2 aliphatic rings. The van der Waals surface area contributed by atoms with E-state index in [2.05, 4.69) is 28.1 Å². The Hall–Kier alpha value is -1.37. The zero-order valence-corrected chi connectivity index (χ0v) is 18.4. The lowest BCUT2D eigenvalue weighted by atomic mass is 9.83. The summed E-state index contributed by atoms with van der Waals surface area (Å²) in [6.45, 7) is 5.54. The van der Waals surface area contributed by atoms with E-state index in [4.69, 9.17) is 10.5 Å². The lowest BCUT2D eigenvalue weighted by Crippen LogP contribution is -2.41. The number of phenols is 1. The van der Waals surface area contributed by atoms with Crippen molar-refractivity contribution in [1.82, 2.24) is 9.88 Å². The third-order valence-electron chi connectivity index (χ3n) is 6.14. The van der Waals surface area contributed by atoms with Crippen LogP contribution in [0.2, 0.25) is 0 Å². The number of rotatable bonds is 4. The van der Waals surface area contributed by atoms with Gasteiger partial charge in [-0.25, -0.2) is 0 Å². The first-order chi connectivity index (χ1) is 13.2. The van der Waals surface area contributed by atoms with Crippen LogP contribution in [0.1, 0.15) is 41.2 Å². The number of aromatic nitrogens is 1. The van der Waals surface area contributed by atoms with Crippen LogP contribution in [0.25, 0.3) is 0 Å². The van der Waals surface area contributed by atoms with Crippen molar-refractivity contribution in [2.45, 2.75) is 44.9 Å². The maximum atomic E-state index is 10.6. The van der Waals surface area contributed by atoms with Gasteiger partial charge in [-0.1, -0.05) is 12.1 Å². The lowest BCUT2D eigenvalue weighted by Gasteiger charge is -2.40. The van der Waals surface area contributed by atoms with Gasteiger partial charge in [-0.15, -0.1) is 24.8 Å². The van der Waals surface area contributed by atoms with E-state index < -0.39 is 0 Å². The molecule has 0 bridgehead atoms. The van der Waals surface area contributed by atoms with Gasteiger partial charge in [-0.2, -0.15) is 0 Å². The van der Waals surface area contributed by atoms with Crippen LogP contribution in [0.3, 0.4) is 0 Å². The van der Waals surface area contributed by atoms with Crippen LogP contribution in [0.5, 0.6) is 5.75 Å². The van der Waals surface area contributed by atoms with Crippen molar-refractivity contribution in [1.29, 1.82) is 0 Å². The minimum atomic E-state index is -0.111. The second-order valence-electron chi connectivity index (χ2n) is 7.87. The molecule has 1 saturated heterocycles. The summed E-state index contributed by atoms with van der Waals surface area (Å²) in [7, 11) is 0. The van der Waals surface area contributed by atoms with E-state index >= 15 is 0 Å². The topological polar surface area (TPSA) is 71.6 Å². The van der Waals surface area contributed by atoms with Crippen LogP contribution < -0.4 is 5.73 Å². The Morgan fingerprint density at radius 2 is 1.83 bits per heavy atom. The highest BCUT2D eigenvalue weighted by Gasteiger charge is 2.35. The van der Waals surface area contributed by atoms with Crippen LogP contribution >= 0.6 is 24.8 Å². The molecule has 1 aromatic heterocycles. The number of likely N-dealkylation sites (tertiary alicyclic amines) is 1. The molecule has 0 spiro atoms. The molecule has 1 fully saturated rings. The smallest absolute Gasteiger partial charge is 0.122 e. The molecule has 5 nitrogen and oxygen atoms in total. The minimum Gasteiger partial charge on any atom is -0.507 e. The third kappa shape index (κ3) is 5.22. The monoisotopic (exact) mass is 439 g/mol. The molecule has 29 heavy (non-hydrogen) atoms. The molecule has 0 amide bonds. The normalized spacial score (nSPS) is 22.3. The summed E-state index contributed by atoms with van der Waals surface area (Å²) in [5, 5.41) is 10.6. The van der Waals surface area contributed by atoms with Crippen molar-refractivity contribution in [2.24, 2.45) is 11.7 Å². The molecule has 160 valence electrons. The summed E-state index contributed by atoms with van der Waals surface area (Å²) in [5.74, 6) is 0.940. The van der Waals surface area contributed by atoms with Gasteiger partial charge in [-0.3, -0.25) is 9.88 Å². The number of hydrogen-bond acceptors (Lipinski definition) is 5. The van der Waals surface area contributed by atoms with E-state index in [0.29, 0.717) is 18.2 Å². The average Bonchev–Trinajstić information content (AvgIpc) is 2.71. The highest BCUT2D eigenvalue weighted by atomic mass is 35.5. The Kier molecular flexibility index (Phi) is 8.73. The third-order valence-corrected chi connectivity index (χ3v) is 6.14. The van der Waals surface area contributed by atoms with Gasteiger partial charge in [0.1, 0.15) is 5.75 Å². The number of aryl methyl sites for hydroxylation is 1. The fourth-order valence-corrected chi connectivity index (χ4v) is 4.51. The van der Waals surface area contributed by atoms with E-state index in [1.54, 1.807) is 0 Å². The largest absolute Gasteiger partial charge is 0.507 e. The van der Waals surface area contributed by atoms with Crippen molar-refractivity contribution in [3.05, 3.63) is 58.9 Å². The lowest BCUT2D eigenvalue weighted by molar-refractivity contribution is -0.0651. The predicted molar refractivity (Wildman–Crippen MR) is 120 cm³/mol. The van der Waals surface area contributed by atoms with Crippen molar-refractivity contribution < 1.29 is 9.84 Å². The summed E-state index contributed by atoms with van der Waals surface area (Å²) in [5.41, 5.74) is 10.3. The maximum absolute atomic E-state index is 10.6. The first-order valence-corrected chi connectivity index (χ1v) is 9.94. The molecule has 0 radical (unpaired) electrons. The van der Waals surface area contributed by atoms with Gasteiger partial charge in [0.05, 0.1) is 12.2 Å². The van der Waals surface area contributed by atoms with Crippen molar-refractivity contribution in [3.63, 3.8) is 0 Å². The number of nitrogens with two attached hydrogens (primary N) is 1. The molecule has 3 heterocycles. The molecular weight excluding hydrogens is 409 g/mol. The fraction of sp³-hybridized carbons (Fsp3) is 0.500. The summed E-state index contributed by atoms with van der Waals surface area (Å²) in [6.07, 6.45) is 6.77. The van der Waals surface area contributed by atoms with Gasteiger partial charge in [0, 0.05) is 37.5 Å². The number of aromatic hydroxyl groups is 1. The zero-order valence-electron chi connectivity index (χ0n) is 16.8. The van der Waals surface area contributed by atoms with Crippen LogP contribution in [0, 0.1) is 12.8 Å². The molecule has 1 aromatic carbocycles. The highest BCUT2D eigenvalue weighted by Crippen LogP contribution is 2.40. The zero-order chi connectivity index (χ0) is 18.8. The first-order valence-electron chi connectivity index (χ1n) is 9.94. The van der Waals surface area contributed by atoms with Crippen LogP contribution in [-0.4, -0.2) is 40.7 Å². The van der Waals surface area contributed by atoms with Gasteiger partial charge in [0.15, 0.2) is 0 Å². The Morgan fingerprint density at radius 1 is 1.14 bits per heavy atom. The van der Waals surface area contributed by atoms with E-state index in [0.717, 1.165) is 55.6 Å². The molecule has 2 aliphatic heterocycles. The number of ether oxygens (including phenoxy) is 1. The summed E-state index contributed by atoms with van der Waals surface area (Å²) >= 11 is 0. The van der Waals surface area contributed by atoms with E-state index in [1.807, 2.05) is 25.4 Å². The van der Waals surface area contributed by atoms with Crippen LogP contribution in [0.4, 0.5) is 0 Å². The second kappa shape index (κ2) is 10.6.